The van der Waals surface area contributed by atoms with Crippen molar-refractivity contribution in [1.82, 2.24) is 14.6 Å². The van der Waals surface area contributed by atoms with Gasteiger partial charge in [0.05, 0.1) is 11.7 Å². The molecule has 2 N–H and O–H groups in total. The van der Waals surface area contributed by atoms with Crippen LogP contribution in [0.4, 0.5) is 32.3 Å². The van der Waals surface area contributed by atoms with Crippen LogP contribution in [0.25, 0.3) is 16.8 Å². The minimum absolute atomic E-state index is 0.0387. The molecular formula is C17H14F6N4O2. The molecule has 0 saturated carbocycles. The van der Waals surface area contributed by atoms with E-state index in [4.69, 9.17) is 0 Å². The molecule has 6 nitrogen and oxygen atoms in total. The van der Waals surface area contributed by atoms with Gasteiger partial charge in [0.2, 0.25) is 5.95 Å². The van der Waals surface area contributed by atoms with Crippen molar-refractivity contribution in [3.63, 3.8) is 0 Å². The predicted molar refractivity (Wildman–Crippen MR) is 90.2 cm³/mol. The van der Waals surface area contributed by atoms with Crippen LogP contribution in [0.3, 0.4) is 0 Å². The van der Waals surface area contributed by atoms with E-state index in [1.54, 1.807) is 0 Å². The van der Waals surface area contributed by atoms with Crippen molar-refractivity contribution in [2.24, 2.45) is 0 Å². The molecule has 0 radical (unpaired) electrons. The number of anilines is 1. The van der Waals surface area contributed by atoms with Gasteiger partial charge in [-0.2, -0.15) is 22.0 Å². The van der Waals surface area contributed by atoms with E-state index in [0.717, 1.165) is 12.1 Å². The highest BCUT2D eigenvalue weighted by Crippen LogP contribution is 2.39. The monoisotopic (exact) mass is 420 g/mol. The van der Waals surface area contributed by atoms with E-state index in [9.17, 15) is 31.4 Å². The molecule has 0 fully saturated rings. The average molecular weight is 420 g/mol. The lowest BCUT2D eigenvalue weighted by molar-refractivity contribution is -0.138. The maximum absolute atomic E-state index is 14.4. The van der Waals surface area contributed by atoms with Crippen molar-refractivity contribution in [2.75, 3.05) is 11.9 Å². The molecule has 0 bridgehead atoms. The third kappa shape index (κ3) is 4.36. The molecule has 0 aliphatic heterocycles. The highest BCUT2D eigenvalue weighted by atomic mass is 19.4. The van der Waals surface area contributed by atoms with Crippen molar-refractivity contribution in [3.05, 3.63) is 41.8 Å². The van der Waals surface area contributed by atoms with E-state index in [1.807, 2.05) is 0 Å². The molecule has 0 unspecified atom stereocenters. The Morgan fingerprint density at radius 3 is 2.55 bits per heavy atom. The molecule has 3 rings (SSSR count). The lowest BCUT2D eigenvalue weighted by Gasteiger charge is -2.15. The fourth-order valence-corrected chi connectivity index (χ4v) is 2.63. The quantitative estimate of drug-likeness (QED) is 0.591. The number of hydrogen-bond acceptors (Lipinski definition) is 5. The molecule has 1 aromatic carbocycles. The number of nitrogens with zero attached hydrogens (tertiary/aromatic N) is 3. The third-order valence-corrected chi connectivity index (χ3v) is 3.87. The molecular weight excluding hydrogens is 406 g/mol. The van der Waals surface area contributed by atoms with Gasteiger partial charge in [0.15, 0.2) is 5.82 Å². The molecule has 29 heavy (non-hydrogen) atoms. The zero-order chi connectivity index (χ0) is 21.3. The van der Waals surface area contributed by atoms with Gasteiger partial charge in [0.25, 0.3) is 0 Å². The fraction of sp³-hybridized carbons (Fsp3) is 0.294. The van der Waals surface area contributed by atoms with Gasteiger partial charge < -0.3 is 15.2 Å². The molecule has 1 atom stereocenters. The standard InChI is InChI=1S/C17H14F6N4O2/c1-8(28)7-24-16-26-25-13(14-11(18)4-5-27(14)16)10-3-2-9(17(21,22)23)6-12(10)29-15(19)20/h2-6,8,15,28H,7H2,1H3,(H,24,26)/t8-/m0/s1. The Balaban J connectivity index is 2.17. The third-order valence-electron chi connectivity index (χ3n) is 3.87. The number of nitrogens with one attached hydrogen (secondary N) is 1. The summed E-state index contributed by atoms with van der Waals surface area (Å²) >= 11 is 0. The summed E-state index contributed by atoms with van der Waals surface area (Å²) in [5.41, 5.74) is -2.02. The van der Waals surface area contributed by atoms with Crippen LogP contribution in [0, 0.1) is 5.82 Å². The highest BCUT2D eigenvalue weighted by Gasteiger charge is 2.32. The number of hydrogen-bond donors (Lipinski definition) is 2. The summed E-state index contributed by atoms with van der Waals surface area (Å²) in [6.45, 7) is -1.86. The fourth-order valence-electron chi connectivity index (χ4n) is 2.63. The van der Waals surface area contributed by atoms with E-state index in [2.05, 4.69) is 20.3 Å². The smallest absolute Gasteiger partial charge is 0.416 e. The van der Waals surface area contributed by atoms with Gasteiger partial charge in [-0.05, 0) is 31.2 Å². The summed E-state index contributed by atoms with van der Waals surface area (Å²) in [5, 5.41) is 19.7. The Bertz CT molecular complexity index is 1020. The van der Waals surface area contributed by atoms with Crippen LogP contribution >= 0.6 is 0 Å². The zero-order valence-corrected chi connectivity index (χ0v) is 14.7. The average Bonchev–Trinajstić information content (AvgIpc) is 3.01. The number of ether oxygens (including phenoxy) is 1. The molecule has 3 aromatic rings. The van der Waals surface area contributed by atoms with E-state index in [1.165, 1.54) is 17.5 Å². The first-order valence-corrected chi connectivity index (χ1v) is 8.19. The van der Waals surface area contributed by atoms with Gasteiger partial charge in [-0.25, -0.2) is 4.39 Å². The first kappa shape index (κ1) is 20.7. The number of aliphatic hydroxyl groups excluding tert-OH is 1. The van der Waals surface area contributed by atoms with Gasteiger partial charge >= 0.3 is 12.8 Å². The predicted octanol–water partition coefficient (Wildman–Crippen LogP) is 3.95. The molecule has 156 valence electrons. The van der Waals surface area contributed by atoms with Crippen molar-refractivity contribution >= 4 is 11.5 Å². The first-order chi connectivity index (χ1) is 13.6. The van der Waals surface area contributed by atoms with Crippen molar-refractivity contribution in [2.45, 2.75) is 25.8 Å². The van der Waals surface area contributed by atoms with Crippen LogP contribution in [0.15, 0.2) is 30.5 Å². The number of fused-ring (bicyclic) bond motifs is 1. The van der Waals surface area contributed by atoms with Crippen molar-refractivity contribution in [3.8, 4) is 17.0 Å². The lowest BCUT2D eigenvalue weighted by Crippen LogP contribution is -2.18. The minimum atomic E-state index is -4.80. The highest BCUT2D eigenvalue weighted by molar-refractivity contribution is 5.82. The Kier molecular flexibility index (Phi) is 5.55. The molecule has 0 saturated heterocycles. The topological polar surface area (TPSA) is 71.7 Å². The number of aromatic nitrogens is 3. The Morgan fingerprint density at radius 1 is 1.21 bits per heavy atom. The Labute approximate surface area is 159 Å². The summed E-state index contributed by atoms with van der Waals surface area (Å²) in [6.07, 6.45) is -4.28. The number of rotatable bonds is 6. The molecule has 2 aromatic heterocycles. The van der Waals surface area contributed by atoms with Crippen LogP contribution in [-0.2, 0) is 6.18 Å². The molecule has 0 aliphatic rings. The summed E-state index contributed by atoms with van der Waals surface area (Å²) in [5.74, 6) is -1.59. The number of alkyl halides is 5. The maximum Gasteiger partial charge on any atom is 0.416 e. The zero-order valence-electron chi connectivity index (χ0n) is 14.7. The molecule has 2 heterocycles. The van der Waals surface area contributed by atoms with Crippen LogP contribution in [0.5, 0.6) is 5.75 Å². The van der Waals surface area contributed by atoms with E-state index in [0.29, 0.717) is 12.1 Å². The van der Waals surface area contributed by atoms with Gasteiger partial charge in [-0.15, -0.1) is 10.2 Å². The SMILES string of the molecule is C[C@H](O)CNc1nnc(-c2ccc(C(F)(F)F)cc2OC(F)F)c2c(F)ccn12. The number of benzene rings is 1. The molecule has 0 amide bonds. The van der Waals surface area contributed by atoms with Crippen LogP contribution in [0.2, 0.25) is 0 Å². The Morgan fingerprint density at radius 2 is 1.93 bits per heavy atom. The van der Waals surface area contributed by atoms with E-state index in [-0.39, 0.29) is 29.3 Å². The largest absolute Gasteiger partial charge is 0.434 e. The van der Waals surface area contributed by atoms with Crippen molar-refractivity contribution in [1.29, 1.82) is 0 Å². The normalized spacial score (nSPS) is 13.1. The minimum Gasteiger partial charge on any atom is -0.434 e. The van der Waals surface area contributed by atoms with Crippen LogP contribution in [-0.4, -0.2) is 39.0 Å². The number of aliphatic hydroxyl groups is 1. The van der Waals surface area contributed by atoms with Gasteiger partial charge in [-0.1, -0.05) is 0 Å². The second kappa shape index (κ2) is 7.78. The Hall–Kier alpha value is -3.02. The van der Waals surface area contributed by atoms with Crippen LogP contribution in [0.1, 0.15) is 12.5 Å². The maximum atomic E-state index is 14.4. The first-order valence-electron chi connectivity index (χ1n) is 8.19. The van der Waals surface area contributed by atoms with E-state index >= 15 is 0 Å². The van der Waals surface area contributed by atoms with Gasteiger partial charge in [0.1, 0.15) is 17.0 Å². The molecule has 0 aliphatic carbocycles. The van der Waals surface area contributed by atoms with Gasteiger partial charge in [-0.3, -0.25) is 4.40 Å². The second-order valence-corrected chi connectivity index (χ2v) is 6.07. The van der Waals surface area contributed by atoms with E-state index < -0.39 is 36.0 Å². The molecule has 12 heteroatoms. The van der Waals surface area contributed by atoms with Gasteiger partial charge in [0, 0.05) is 18.3 Å². The van der Waals surface area contributed by atoms with Crippen molar-refractivity contribution < 1.29 is 36.2 Å². The molecule has 0 spiro atoms. The second-order valence-electron chi connectivity index (χ2n) is 6.07. The summed E-state index contributed by atoms with van der Waals surface area (Å²) < 4.78 is 84.2. The van der Waals surface area contributed by atoms with Crippen LogP contribution < -0.4 is 10.1 Å². The summed E-state index contributed by atoms with van der Waals surface area (Å²) in [4.78, 5) is 0. The number of halogens is 6. The summed E-state index contributed by atoms with van der Waals surface area (Å²) in [7, 11) is 0. The summed E-state index contributed by atoms with van der Waals surface area (Å²) in [6, 6.07) is 2.94. The lowest BCUT2D eigenvalue weighted by atomic mass is 10.1.